The number of pyridine rings is 1. The van der Waals surface area contributed by atoms with Gasteiger partial charge >= 0.3 is 5.69 Å². The van der Waals surface area contributed by atoms with Crippen LogP contribution in [0.4, 0.5) is 4.39 Å². The number of halogens is 1. The SMILES string of the molecule is CCOc1nc([C@@H](CS(C)(=O)=O)n2c(=O)n(C)c3cc(-c4cc(C)ccc4F)ccc32)ccc1OC. The Hall–Kier alpha value is -3.66. The molecule has 4 rings (SSSR count). The topological polar surface area (TPSA) is 92.4 Å². The van der Waals surface area contributed by atoms with Gasteiger partial charge in [0, 0.05) is 18.9 Å². The van der Waals surface area contributed by atoms with Gasteiger partial charge in [0.25, 0.3) is 5.88 Å². The summed E-state index contributed by atoms with van der Waals surface area (Å²) < 4.78 is 53.2. The normalized spacial score (nSPS) is 12.6. The molecule has 0 saturated heterocycles. The summed E-state index contributed by atoms with van der Waals surface area (Å²) in [5, 5.41) is 0. The zero-order valence-electron chi connectivity index (χ0n) is 20.8. The van der Waals surface area contributed by atoms with Crippen molar-refractivity contribution < 1.29 is 22.3 Å². The van der Waals surface area contributed by atoms with Crippen LogP contribution >= 0.6 is 0 Å². The average molecular weight is 514 g/mol. The summed E-state index contributed by atoms with van der Waals surface area (Å²) in [5.74, 6) is -0.119. The molecule has 0 saturated carbocycles. The molecule has 0 amide bonds. The highest BCUT2D eigenvalue weighted by molar-refractivity contribution is 7.90. The standard InChI is InChI=1S/C26H28FN3O5S/c1-6-35-25-24(34-4)12-10-20(28-25)23(15-36(5,32)33)30-21-11-8-17(14-22(21)29(3)26(30)31)18-13-16(2)7-9-19(18)27/h7-14,23H,6,15H2,1-5H3/t23-/m1/s1. The van der Waals surface area contributed by atoms with Gasteiger partial charge in [-0.2, -0.15) is 0 Å². The Morgan fingerprint density at radius 2 is 1.83 bits per heavy atom. The lowest BCUT2D eigenvalue weighted by Gasteiger charge is -2.19. The van der Waals surface area contributed by atoms with E-state index in [1.165, 1.54) is 22.3 Å². The minimum atomic E-state index is -3.53. The molecule has 0 unspecified atom stereocenters. The van der Waals surface area contributed by atoms with Gasteiger partial charge in [0.1, 0.15) is 15.7 Å². The fourth-order valence-electron chi connectivity index (χ4n) is 4.29. The number of nitrogens with zero attached hydrogens (tertiary/aromatic N) is 3. The number of methoxy groups -OCH3 is 1. The number of imidazole rings is 1. The first-order valence-corrected chi connectivity index (χ1v) is 13.4. The van der Waals surface area contributed by atoms with Crippen molar-refractivity contribution in [2.75, 3.05) is 25.7 Å². The van der Waals surface area contributed by atoms with Crippen LogP contribution in [-0.4, -0.2) is 48.3 Å². The number of hydrogen-bond donors (Lipinski definition) is 0. The van der Waals surface area contributed by atoms with E-state index in [0.717, 1.165) is 11.8 Å². The molecular weight excluding hydrogens is 485 g/mol. The van der Waals surface area contributed by atoms with Crippen molar-refractivity contribution in [1.29, 1.82) is 0 Å². The van der Waals surface area contributed by atoms with E-state index >= 15 is 0 Å². The molecule has 2 heterocycles. The maximum atomic E-state index is 14.6. The Balaban J connectivity index is 1.94. The number of ether oxygens (including phenoxy) is 2. The molecule has 0 radical (unpaired) electrons. The number of rotatable bonds is 8. The van der Waals surface area contributed by atoms with Crippen molar-refractivity contribution in [2.45, 2.75) is 19.9 Å². The Morgan fingerprint density at radius 3 is 2.50 bits per heavy atom. The van der Waals surface area contributed by atoms with Crippen LogP contribution in [0.2, 0.25) is 0 Å². The smallest absolute Gasteiger partial charge is 0.329 e. The summed E-state index contributed by atoms with van der Waals surface area (Å²) in [4.78, 5) is 18.0. The third kappa shape index (κ3) is 4.86. The molecule has 4 aromatic rings. The van der Waals surface area contributed by atoms with E-state index < -0.39 is 21.6 Å². The summed E-state index contributed by atoms with van der Waals surface area (Å²) in [6.07, 6.45) is 1.11. The number of sulfone groups is 1. The highest BCUT2D eigenvalue weighted by atomic mass is 32.2. The predicted octanol–water partition coefficient (Wildman–Crippen LogP) is 3.89. The summed E-state index contributed by atoms with van der Waals surface area (Å²) in [6, 6.07) is 12.3. The lowest BCUT2D eigenvalue weighted by atomic mass is 10.0. The molecule has 0 aliphatic heterocycles. The van der Waals surface area contributed by atoms with Crippen LogP contribution in [0.1, 0.15) is 24.2 Å². The molecule has 0 bridgehead atoms. The molecule has 2 aromatic heterocycles. The number of hydrogen-bond acceptors (Lipinski definition) is 6. The molecule has 0 fully saturated rings. The van der Waals surface area contributed by atoms with Gasteiger partial charge < -0.3 is 9.47 Å². The molecule has 0 aliphatic carbocycles. The van der Waals surface area contributed by atoms with Crippen molar-refractivity contribution in [3.05, 3.63) is 76.1 Å². The summed E-state index contributed by atoms with van der Waals surface area (Å²) >= 11 is 0. The Labute approximate surface area is 208 Å². The largest absolute Gasteiger partial charge is 0.491 e. The number of fused-ring (bicyclic) bond motifs is 1. The van der Waals surface area contributed by atoms with Crippen molar-refractivity contribution in [3.8, 4) is 22.8 Å². The highest BCUT2D eigenvalue weighted by Gasteiger charge is 2.27. The van der Waals surface area contributed by atoms with Crippen molar-refractivity contribution in [1.82, 2.24) is 14.1 Å². The molecule has 36 heavy (non-hydrogen) atoms. The number of aryl methyl sites for hydroxylation is 2. The van der Waals surface area contributed by atoms with E-state index in [0.29, 0.717) is 40.2 Å². The maximum Gasteiger partial charge on any atom is 0.329 e. The van der Waals surface area contributed by atoms with Gasteiger partial charge in [-0.15, -0.1) is 0 Å². The first-order valence-electron chi connectivity index (χ1n) is 11.4. The fourth-order valence-corrected chi connectivity index (χ4v) is 5.19. The zero-order valence-corrected chi connectivity index (χ0v) is 21.6. The van der Waals surface area contributed by atoms with Gasteiger partial charge in [-0.05, 0) is 55.8 Å². The molecule has 1 atom stereocenters. The molecule has 0 aliphatic rings. The monoisotopic (exact) mass is 513 g/mol. The van der Waals surface area contributed by atoms with Gasteiger partial charge in [0.2, 0.25) is 0 Å². The van der Waals surface area contributed by atoms with Gasteiger partial charge in [0.05, 0.1) is 42.2 Å². The van der Waals surface area contributed by atoms with Crippen LogP contribution in [0, 0.1) is 12.7 Å². The maximum absolute atomic E-state index is 14.6. The van der Waals surface area contributed by atoms with Crippen LogP contribution in [0.5, 0.6) is 11.6 Å². The van der Waals surface area contributed by atoms with E-state index in [1.807, 2.05) is 6.92 Å². The third-order valence-electron chi connectivity index (χ3n) is 5.98. The van der Waals surface area contributed by atoms with Gasteiger partial charge in [-0.25, -0.2) is 22.6 Å². The third-order valence-corrected chi connectivity index (χ3v) is 6.90. The molecule has 8 nitrogen and oxygen atoms in total. The summed E-state index contributed by atoms with van der Waals surface area (Å²) in [7, 11) is -0.446. The molecule has 190 valence electrons. The second-order valence-corrected chi connectivity index (χ2v) is 10.9. The van der Waals surface area contributed by atoms with E-state index in [4.69, 9.17) is 9.47 Å². The minimum Gasteiger partial charge on any atom is -0.491 e. The first kappa shape index (κ1) is 25.4. The Kier molecular flexibility index (Phi) is 6.90. The van der Waals surface area contributed by atoms with Crippen LogP contribution < -0.4 is 15.2 Å². The van der Waals surface area contributed by atoms with Crippen molar-refractivity contribution in [2.24, 2.45) is 7.05 Å². The van der Waals surface area contributed by atoms with Gasteiger partial charge in [-0.1, -0.05) is 17.7 Å². The zero-order chi connectivity index (χ0) is 26.2. The summed E-state index contributed by atoms with van der Waals surface area (Å²) in [5.41, 5.74) is 2.89. The number of benzene rings is 2. The van der Waals surface area contributed by atoms with Crippen molar-refractivity contribution in [3.63, 3.8) is 0 Å². The van der Waals surface area contributed by atoms with Gasteiger partial charge in [-0.3, -0.25) is 9.13 Å². The van der Waals surface area contributed by atoms with E-state index in [2.05, 4.69) is 4.98 Å². The van der Waals surface area contributed by atoms with E-state index in [1.54, 1.807) is 56.4 Å². The van der Waals surface area contributed by atoms with E-state index in [-0.39, 0.29) is 17.5 Å². The lowest BCUT2D eigenvalue weighted by Crippen LogP contribution is -2.31. The molecule has 0 spiro atoms. The molecule has 10 heteroatoms. The fraction of sp³-hybridized carbons (Fsp3) is 0.308. The van der Waals surface area contributed by atoms with E-state index in [9.17, 15) is 17.6 Å². The predicted molar refractivity (Wildman–Crippen MR) is 137 cm³/mol. The first-order chi connectivity index (χ1) is 17.0. The van der Waals surface area contributed by atoms with Crippen LogP contribution in [-0.2, 0) is 16.9 Å². The second kappa shape index (κ2) is 9.77. The molecule has 2 aromatic carbocycles. The summed E-state index contributed by atoms with van der Waals surface area (Å²) in [6.45, 7) is 4.00. The average Bonchev–Trinajstić information content (AvgIpc) is 3.08. The Morgan fingerprint density at radius 1 is 1.08 bits per heavy atom. The van der Waals surface area contributed by atoms with Crippen LogP contribution in [0.3, 0.4) is 0 Å². The number of aromatic nitrogens is 3. The highest BCUT2D eigenvalue weighted by Crippen LogP contribution is 2.32. The quantitative estimate of drug-likeness (QED) is 0.355. The molecule has 0 N–H and O–H groups in total. The molecular formula is C26H28FN3O5S. The lowest BCUT2D eigenvalue weighted by molar-refractivity contribution is 0.296. The Bertz CT molecular complexity index is 1610. The van der Waals surface area contributed by atoms with Crippen LogP contribution in [0.15, 0.2) is 53.3 Å². The van der Waals surface area contributed by atoms with Crippen molar-refractivity contribution >= 4 is 20.9 Å². The minimum absolute atomic E-state index is 0.210. The van der Waals surface area contributed by atoms with Gasteiger partial charge in [0.15, 0.2) is 5.75 Å². The van der Waals surface area contributed by atoms with Crippen LogP contribution in [0.25, 0.3) is 22.2 Å². The second-order valence-electron chi connectivity index (χ2n) is 8.68.